The normalized spacial score (nSPS) is 24.6. The van der Waals surface area contributed by atoms with Crippen LogP contribution in [-0.4, -0.2) is 49.2 Å². The van der Waals surface area contributed by atoms with Gasteiger partial charge in [-0.3, -0.25) is 4.79 Å². The molecule has 4 heteroatoms. The van der Waals surface area contributed by atoms with E-state index in [9.17, 15) is 4.79 Å². The summed E-state index contributed by atoms with van der Waals surface area (Å²) in [4.78, 5) is 14.0. The SMILES string of the molecule is CC1(OCC(=O)N2CCCCCCC2)CNC1. The highest BCUT2D eigenvalue weighted by Crippen LogP contribution is 2.16. The number of hydrogen-bond acceptors (Lipinski definition) is 3. The fourth-order valence-corrected chi connectivity index (χ4v) is 2.40. The van der Waals surface area contributed by atoms with Crippen molar-refractivity contribution < 1.29 is 9.53 Å². The van der Waals surface area contributed by atoms with Crippen LogP contribution in [0.2, 0.25) is 0 Å². The number of hydrogen-bond donors (Lipinski definition) is 1. The zero-order valence-corrected chi connectivity index (χ0v) is 10.8. The fraction of sp³-hybridized carbons (Fsp3) is 0.923. The lowest BCUT2D eigenvalue weighted by atomic mass is 10.0. The van der Waals surface area contributed by atoms with Gasteiger partial charge in [-0.1, -0.05) is 19.3 Å². The summed E-state index contributed by atoms with van der Waals surface area (Å²) >= 11 is 0. The second kappa shape index (κ2) is 5.83. The first kappa shape index (κ1) is 12.8. The van der Waals surface area contributed by atoms with E-state index in [0.29, 0.717) is 0 Å². The first-order chi connectivity index (χ1) is 8.20. The van der Waals surface area contributed by atoms with Gasteiger partial charge in [0.15, 0.2) is 0 Å². The Morgan fingerprint density at radius 2 is 1.76 bits per heavy atom. The smallest absolute Gasteiger partial charge is 0.248 e. The third kappa shape index (κ3) is 3.68. The van der Waals surface area contributed by atoms with Gasteiger partial charge >= 0.3 is 0 Å². The average Bonchev–Trinajstić information content (AvgIpc) is 2.23. The Balaban J connectivity index is 1.73. The molecule has 1 N–H and O–H groups in total. The van der Waals surface area contributed by atoms with Gasteiger partial charge in [-0.25, -0.2) is 0 Å². The molecule has 0 aromatic heterocycles. The number of amides is 1. The molecular formula is C13H24N2O2. The highest BCUT2D eigenvalue weighted by molar-refractivity contribution is 5.77. The summed E-state index contributed by atoms with van der Waals surface area (Å²) in [5.74, 6) is 0.167. The van der Waals surface area contributed by atoms with Crippen molar-refractivity contribution >= 4 is 5.91 Å². The number of ether oxygens (including phenoxy) is 1. The minimum Gasteiger partial charge on any atom is -0.363 e. The summed E-state index contributed by atoms with van der Waals surface area (Å²) in [6, 6.07) is 0. The Bertz CT molecular complexity index is 256. The average molecular weight is 240 g/mol. The van der Waals surface area contributed by atoms with Crippen molar-refractivity contribution in [1.29, 1.82) is 0 Å². The predicted molar refractivity (Wildman–Crippen MR) is 66.9 cm³/mol. The van der Waals surface area contributed by atoms with E-state index in [1.807, 2.05) is 4.90 Å². The van der Waals surface area contributed by atoms with Crippen LogP contribution in [0.5, 0.6) is 0 Å². The van der Waals surface area contributed by atoms with Crippen molar-refractivity contribution in [3.8, 4) is 0 Å². The lowest BCUT2D eigenvalue weighted by Gasteiger charge is -2.39. The van der Waals surface area contributed by atoms with Gasteiger partial charge < -0.3 is 15.0 Å². The van der Waals surface area contributed by atoms with E-state index in [1.165, 1.54) is 19.3 Å². The van der Waals surface area contributed by atoms with Crippen LogP contribution in [0, 0.1) is 0 Å². The van der Waals surface area contributed by atoms with E-state index in [0.717, 1.165) is 39.0 Å². The monoisotopic (exact) mass is 240 g/mol. The highest BCUT2D eigenvalue weighted by atomic mass is 16.5. The van der Waals surface area contributed by atoms with E-state index in [-0.39, 0.29) is 18.1 Å². The maximum Gasteiger partial charge on any atom is 0.248 e. The molecule has 1 amide bonds. The van der Waals surface area contributed by atoms with E-state index in [4.69, 9.17) is 4.74 Å². The molecule has 0 saturated carbocycles. The largest absolute Gasteiger partial charge is 0.363 e. The second-order valence-electron chi connectivity index (χ2n) is 5.49. The minimum atomic E-state index is -0.113. The van der Waals surface area contributed by atoms with E-state index in [2.05, 4.69) is 12.2 Å². The standard InChI is InChI=1S/C13H24N2O2/c1-13(10-14-11-13)17-9-12(16)15-7-5-3-2-4-6-8-15/h14H,2-11H2,1H3. The van der Waals surface area contributed by atoms with Crippen molar-refractivity contribution in [1.82, 2.24) is 10.2 Å². The van der Waals surface area contributed by atoms with Crippen molar-refractivity contribution in [2.75, 3.05) is 32.8 Å². The van der Waals surface area contributed by atoms with Crippen LogP contribution in [0.15, 0.2) is 0 Å². The molecule has 2 heterocycles. The van der Waals surface area contributed by atoms with Crippen LogP contribution in [0.3, 0.4) is 0 Å². The molecule has 0 aromatic carbocycles. The maximum atomic E-state index is 12.0. The Kier molecular flexibility index (Phi) is 4.40. The molecule has 0 atom stereocenters. The maximum absolute atomic E-state index is 12.0. The first-order valence-corrected chi connectivity index (χ1v) is 6.82. The Morgan fingerprint density at radius 3 is 2.29 bits per heavy atom. The molecule has 2 fully saturated rings. The fourth-order valence-electron chi connectivity index (χ4n) is 2.40. The minimum absolute atomic E-state index is 0.113. The lowest BCUT2D eigenvalue weighted by molar-refractivity contribution is -0.146. The second-order valence-corrected chi connectivity index (χ2v) is 5.49. The Morgan fingerprint density at radius 1 is 1.18 bits per heavy atom. The molecular weight excluding hydrogens is 216 g/mol. The molecule has 2 rings (SSSR count). The summed E-state index contributed by atoms with van der Waals surface area (Å²) in [6.07, 6.45) is 6.12. The van der Waals surface area contributed by atoms with Gasteiger partial charge in [0.2, 0.25) is 5.91 Å². The molecule has 0 bridgehead atoms. The molecule has 98 valence electrons. The first-order valence-electron chi connectivity index (χ1n) is 6.82. The van der Waals surface area contributed by atoms with Crippen molar-refractivity contribution in [2.45, 2.75) is 44.6 Å². The number of carbonyl (C=O) groups excluding carboxylic acids is 1. The Labute approximate surface area is 104 Å². The van der Waals surface area contributed by atoms with Crippen LogP contribution >= 0.6 is 0 Å². The molecule has 2 saturated heterocycles. The molecule has 0 radical (unpaired) electrons. The molecule has 0 unspecified atom stereocenters. The van der Waals surface area contributed by atoms with Crippen molar-refractivity contribution in [2.24, 2.45) is 0 Å². The number of likely N-dealkylation sites (tertiary alicyclic amines) is 1. The third-order valence-electron chi connectivity index (χ3n) is 3.75. The van der Waals surface area contributed by atoms with Crippen molar-refractivity contribution in [3.05, 3.63) is 0 Å². The zero-order chi connectivity index (χ0) is 12.1. The topological polar surface area (TPSA) is 41.6 Å². The van der Waals surface area contributed by atoms with Gasteiger partial charge in [0.05, 0.1) is 5.60 Å². The molecule has 0 spiro atoms. The highest BCUT2D eigenvalue weighted by Gasteiger charge is 2.33. The summed E-state index contributed by atoms with van der Waals surface area (Å²) in [6.45, 7) is 5.86. The summed E-state index contributed by atoms with van der Waals surface area (Å²) < 4.78 is 5.70. The third-order valence-corrected chi connectivity index (χ3v) is 3.75. The molecule has 0 aliphatic carbocycles. The zero-order valence-electron chi connectivity index (χ0n) is 10.8. The summed E-state index contributed by atoms with van der Waals surface area (Å²) in [5.41, 5.74) is -0.113. The van der Waals surface area contributed by atoms with Crippen LogP contribution in [0.1, 0.15) is 39.0 Å². The van der Waals surface area contributed by atoms with Crippen LogP contribution in [0.25, 0.3) is 0 Å². The van der Waals surface area contributed by atoms with Crippen LogP contribution in [-0.2, 0) is 9.53 Å². The van der Waals surface area contributed by atoms with E-state index in [1.54, 1.807) is 0 Å². The summed E-state index contributed by atoms with van der Waals surface area (Å²) in [5, 5.41) is 3.17. The molecule has 17 heavy (non-hydrogen) atoms. The number of rotatable bonds is 3. The summed E-state index contributed by atoms with van der Waals surface area (Å²) in [7, 11) is 0. The molecule has 0 aromatic rings. The van der Waals surface area contributed by atoms with Gasteiger partial charge in [0.25, 0.3) is 0 Å². The number of carbonyl (C=O) groups is 1. The van der Waals surface area contributed by atoms with Crippen LogP contribution < -0.4 is 5.32 Å². The van der Waals surface area contributed by atoms with Crippen LogP contribution in [0.4, 0.5) is 0 Å². The van der Waals surface area contributed by atoms with Gasteiger partial charge in [0.1, 0.15) is 6.61 Å². The number of nitrogens with zero attached hydrogens (tertiary/aromatic N) is 1. The van der Waals surface area contributed by atoms with Gasteiger partial charge in [-0.2, -0.15) is 0 Å². The van der Waals surface area contributed by atoms with Gasteiger partial charge in [0, 0.05) is 26.2 Å². The molecule has 2 aliphatic heterocycles. The lowest BCUT2D eigenvalue weighted by Crippen LogP contribution is -2.59. The van der Waals surface area contributed by atoms with Gasteiger partial charge in [-0.05, 0) is 19.8 Å². The Hall–Kier alpha value is -0.610. The predicted octanol–water partition coefficient (Wildman–Crippen LogP) is 1.16. The van der Waals surface area contributed by atoms with E-state index >= 15 is 0 Å². The molecule has 2 aliphatic rings. The number of nitrogens with one attached hydrogen (secondary N) is 1. The van der Waals surface area contributed by atoms with Crippen molar-refractivity contribution in [3.63, 3.8) is 0 Å². The van der Waals surface area contributed by atoms with E-state index < -0.39 is 0 Å². The van der Waals surface area contributed by atoms with Gasteiger partial charge in [-0.15, -0.1) is 0 Å². The quantitative estimate of drug-likeness (QED) is 0.805. The molecule has 4 nitrogen and oxygen atoms in total.